The Hall–Kier alpha value is -3.50. The van der Waals surface area contributed by atoms with E-state index < -0.39 is 72.9 Å². The number of carboxylic acids is 1. The van der Waals surface area contributed by atoms with E-state index in [0.717, 1.165) is 6.92 Å². The maximum Gasteiger partial charge on any atom is 0.328 e. The van der Waals surface area contributed by atoms with E-state index in [-0.39, 0.29) is 25.3 Å². The molecular formula is C17H32N8O8. The zero-order chi connectivity index (χ0) is 25.7. The smallest absolute Gasteiger partial charge is 0.328 e. The van der Waals surface area contributed by atoms with Gasteiger partial charge in [0, 0.05) is 6.54 Å². The number of aliphatic hydroxyl groups excluding tert-OH is 2. The second kappa shape index (κ2) is 14.5. The number of carboxylic acid groups (broad SMARTS) is 1. The van der Waals surface area contributed by atoms with Crippen LogP contribution in [0.2, 0.25) is 0 Å². The van der Waals surface area contributed by atoms with Crippen LogP contribution in [0.25, 0.3) is 0 Å². The Bertz CT molecular complexity index is 741. The van der Waals surface area contributed by atoms with Crippen LogP contribution in [0.1, 0.15) is 26.2 Å². The molecule has 33 heavy (non-hydrogen) atoms. The minimum atomic E-state index is -1.69. The molecule has 0 aliphatic heterocycles. The number of hydrogen-bond donors (Lipinski definition) is 10. The number of hydrogen-bond acceptors (Lipinski definition) is 9. The number of guanidine groups is 1. The first-order valence-electron chi connectivity index (χ1n) is 9.82. The Labute approximate surface area is 189 Å². The maximum atomic E-state index is 12.7. The summed E-state index contributed by atoms with van der Waals surface area (Å²) in [6.07, 6.45) is -1.76. The van der Waals surface area contributed by atoms with Gasteiger partial charge in [-0.25, -0.2) is 4.79 Å². The Kier molecular flexibility index (Phi) is 13.0. The third-order valence-electron chi connectivity index (χ3n) is 4.20. The highest BCUT2D eigenvalue weighted by Crippen LogP contribution is 2.02. The maximum absolute atomic E-state index is 12.7. The minimum absolute atomic E-state index is 0.0250. The summed E-state index contributed by atoms with van der Waals surface area (Å²) in [6.45, 7) is 0.316. The summed E-state index contributed by atoms with van der Waals surface area (Å²) in [5.41, 5.74) is 21.0. The molecule has 188 valence electrons. The Balaban J connectivity index is 5.37. The van der Waals surface area contributed by atoms with E-state index in [2.05, 4.69) is 15.6 Å². The third kappa shape index (κ3) is 11.6. The molecule has 0 radical (unpaired) electrons. The van der Waals surface area contributed by atoms with Crippen molar-refractivity contribution >= 4 is 35.6 Å². The van der Waals surface area contributed by atoms with Crippen molar-refractivity contribution in [3.05, 3.63) is 0 Å². The lowest BCUT2D eigenvalue weighted by molar-refractivity contribution is -0.145. The van der Waals surface area contributed by atoms with Gasteiger partial charge in [0.1, 0.15) is 12.1 Å². The average molecular weight is 476 g/mol. The summed E-state index contributed by atoms with van der Waals surface area (Å²) >= 11 is 0. The monoisotopic (exact) mass is 476 g/mol. The average Bonchev–Trinajstić information content (AvgIpc) is 2.70. The van der Waals surface area contributed by atoms with Crippen LogP contribution in [0.15, 0.2) is 4.99 Å². The highest BCUT2D eigenvalue weighted by atomic mass is 16.4. The van der Waals surface area contributed by atoms with Gasteiger partial charge in [0.2, 0.25) is 23.6 Å². The van der Waals surface area contributed by atoms with E-state index in [9.17, 15) is 34.2 Å². The molecule has 0 aromatic rings. The molecule has 0 spiro atoms. The fourth-order valence-corrected chi connectivity index (χ4v) is 2.47. The van der Waals surface area contributed by atoms with E-state index in [1.54, 1.807) is 0 Å². The normalized spacial score (nSPS) is 15.2. The first kappa shape index (κ1) is 29.5. The SMILES string of the molecule is CC(O)C(NC(=O)C(CO)NC(=O)C(CCCN=C(N)N)NC(=O)C(N)CC(N)=O)C(=O)O. The summed E-state index contributed by atoms with van der Waals surface area (Å²) in [7, 11) is 0. The number of carbonyl (C=O) groups excluding carboxylic acids is 4. The molecule has 0 aromatic carbocycles. The summed E-state index contributed by atoms with van der Waals surface area (Å²) in [6, 6.07) is -5.91. The standard InChI is InChI=1S/C17H32N8O8/c1-7(27)12(16(32)33)25-15(31)10(6-26)24-14(30)9(3-2-4-22-17(20)21)23-13(29)8(18)5-11(19)28/h7-10,12,26-27H,2-6,18H2,1H3,(H2,19,28)(H,23,29)(H,24,30)(H,25,31)(H,32,33)(H4,20,21,22). The number of primary amides is 1. The highest BCUT2D eigenvalue weighted by Gasteiger charge is 2.31. The van der Waals surface area contributed by atoms with E-state index >= 15 is 0 Å². The fraction of sp³-hybridized carbons (Fsp3) is 0.647. The van der Waals surface area contributed by atoms with Crippen molar-refractivity contribution in [2.24, 2.45) is 27.9 Å². The first-order chi connectivity index (χ1) is 15.3. The van der Waals surface area contributed by atoms with Crippen molar-refractivity contribution in [3.8, 4) is 0 Å². The van der Waals surface area contributed by atoms with Gasteiger partial charge in [-0.3, -0.25) is 24.2 Å². The van der Waals surface area contributed by atoms with Crippen molar-refractivity contribution in [1.82, 2.24) is 16.0 Å². The van der Waals surface area contributed by atoms with Crippen molar-refractivity contribution < 1.29 is 39.3 Å². The lowest BCUT2D eigenvalue weighted by Gasteiger charge is -2.24. The van der Waals surface area contributed by atoms with Gasteiger partial charge >= 0.3 is 5.97 Å². The molecular weight excluding hydrogens is 444 g/mol. The van der Waals surface area contributed by atoms with E-state index in [1.165, 1.54) is 0 Å². The van der Waals surface area contributed by atoms with Gasteiger partial charge in [0.05, 0.1) is 25.2 Å². The van der Waals surface area contributed by atoms with Gasteiger partial charge < -0.3 is 54.2 Å². The van der Waals surface area contributed by atoms with Gasteiger partial charge in [-0.15, -0.1) is 0 Å². The summed E-state index contributed by atoms with van der Waals surface area (Å²) in [5.74, 6) is -5.44. The van der Waals surface area contributed by atoms with Crippen molar-refractivity contribution in [1.29, 1.82) is 0 Å². The van der Waals surface area contributed by atoms with E-state index in [0.29, 0.717) is 0 Å². The molecule has 16 heteroatoms. The van der Waals surface area contributed by atoms with Crippen LogP contribution in [0.4, 0.5) is 0 Å². The molecule has 0 fully saturated rings. The molecule has 5 atom stereocenters. The highest BCUT2D eigenvalue weighted by molar-refractivity contribution is 5.95. The zero-order valence-electron chi connectivity index (χ0n) is 18.1. The van der Waals surface area contributed by atoms with Crippen molar-refractivity contribution in [2.75, 3.05) is 13.2 Å². The van der Waals surface area contributed by atoms with Gasteiger partial charge in [-0.2, -0.15) is 0 Å². The van der Waals surface area contributed by atoms with Gasteiger partial charge in [0.15, 0.2) is 12.0 Å². The molecule has 16 nitrogen and oxygen atoms in total. The summed E-state index contributed by atoms with van der Waals surface area (Å²) in [5, 5.41) is 34.5. The molecule has 0 saturated carbocycles. The Morgan fingerprint density at radius 1 is 0.939 bits per heavy atom. The number of rotatable bonds is 15. The molecule has 14 N–H and O–H groups in total. The second-order valence-electron chi connectivity index (χ2n) is 7.10. The number of aliphatic hydroxyl groups is 2. The van der Waals surface area contributed by atoms with Crippen molar-refractivity contribution in [3.63, 3.8) is 0 Å². The number of nitrogens with two attached hydrogens (primary N) is 4. The number of aliphatic carboxylic acids is 1. The zero-order valence-corrected chi connectivity index (χ0v) is 18.1. The van der Waals surface area contributed by atoms with Crippen LogP contribution in [-0.2, 0) is 24.0 Å². The Morgan fingerprint density at radius 2 is 1.48 bits per heavy atom. The quantitative estimate of drug-likeness (QED) is 0.0602. The van der Waals surface area contributed by atoms with Crippen LogP contribution < -0.4 is 38.9 Å². The van der Waals surface area contributed by atoms with Crippen LogP contribution in [0.3, 0.4) is 0 Å². The third-order valence-corrected chi connectivity index (χ3v) is 4.20. The Morgan fingerprint density at radius 3 is 1.94 bits per heavy atom. The van der Waals surface area contributed by atoms with Gasteiger partial charge in [-0.1, -0.05) is 0 Å². The van der Waals surface area contributed by atoms with Crippen LogP contribution in [0.5, 0.6) is 0 Å². The molecule has 0 aromatic heterocycles. The number of amides is 4. The number of aliphatic imine (C=N–C) groups is 1. The second-order valence-corrected chi connectivity index (χ2v) is 7.10. The van der Waals surface area contributed by atoms with Crippen LogP contribution in [0, 0.1) is 0 Å². The lowest BCUT2D eigenvalue weighted by atomic mass is 10.1. The number of carbonyl (C=O) groups is 5. The molecule has 0 bridgehead atoms. The van der Waals surface area contributed by atoms with Crippen LogP contribution in [-0.4, -0.2) is 94.3 Å². The van der Waals surface area contributed by atoms with Crippen molar-refractivity contribution in [2.45, 2.75) is 56.5 Å². The fourth-order valence-electron chi connectivity index (χ4n) is 2.47. The molecule has 0 saturated heterocycles. The number of nitrogens with zero attached hydrogens (tertiary/aromatic N) is 1. The molecule has 0 aliphatic rings. The minimum Gasteiger partial charge on any atom is -0.480 e. The van der Waals surface area contributed by atoms with Gasteiger partial charge in [-0.05, 0) is 19.8 Å². The molecule has 0 rings (SSSR count). The number of nitrogens with one attached hydrogen (secondary N) is 3. The molecule has 5 unspecified atom stereocenters. The molecule has 0 aliphatic carbocycles. The predicted octanol–water partition coefficient (Wildman–Crippen LogP) is -5.85. The topological polar surface area (TPSA) is 299 Å². The first-order valence-corrected chi connectivity index (χ1v) is 9.82. The van der Waals surface area contributed by atoms with E-state index in [4.69, 9.17) is 28.0 Å². The largest absolute Gasteiger partial charge is 0.480 e. The van der Waals surface area contributed by atoms with E-state index in [1.807, 2.05) is 5.32 Å². The summed E-state index contributed by atoms with van der Waals surface area (Å²) < 4.78 is 0. The lowest BCUT2D eigenvalue weighted by Crippen LogP contribution is -2.59. The molecule has 4 amide bonds. The summed E-state index contributed by atoms with van der Waals surface area (Å²) in [4.78, 5) is 63.0. The van der Waals surface area contributed by atoms with Crippen LogP contribution >= 0.6 is 0 Å². The predicted molar refractivity (Wildman–Crippen MR) is 114 cm³/mol. The molecule has 0 heterocycles. The van der Waals surface area contributed by atoms with Gasteiger partial charge in [0.25, 0.3) is 0 Å².